The van der Waals surface area contributed by atoms with E-state index >= 15 is 0 Å². The number of ether oxygens (including phenoxy) is 2. The van der Waals surface area contributed by atoms with E-state index < -0.39 is 0 Å². The van der Waals surface area contributed by atoms with Gasteiger partial charge in [0.05, 0.1) is 30.8 Å². The highest BCUT2D eigenvalue weighted by molar-refractivity contribution is 5.80. The summed E-state index contributed by atoms with van der Waals surface area (Å²) >= 11 is 0. The first-order valence-corrected chi connectivity index (χ1v) is 7.86. The van der Waals surface area contributed by atoms with Gasteiger partial charge in [-0.1, -0.05) is 5.16 Å². The first-order chi connectivity index (χ1) is 12.6. The van der Waals surface area contributed by atoms with E-state index in [4.69, 9.17) is 14.0 Å². The summed E-state index contributed by atoms with van der Waals surface area (Å²) in [6, 6.07) is 10.8. The molecule has 0 fully saturated rings. The molecule has 132 valence electrons. The third kappa shape index (κ3) is 2.52. The van der Waals surface area contributed by atoms with Gasteiger partial charge in [-0.15, -0.1) is 0 Å². The van der Waals surface area contributed by atoms with E-state index in [1.54, 1.807) is 44.0 Å². The number of aromatic amines is 1. The highest BCUT2D eigenvalue weighted by atomic mass is 16.5. The average Bonchev–Trinajstić information content (AvgIpc) is 3.26. The van der Waals surface area contributed by atoms with Crippen molar-refractivity contribution < 1.29 is 14.0 Å². The molecular weight excluding hydrogens is 336 g/mol. The lowest BCUT2D eigenvalue weighted by Gasteiger charge is -2.06. The number of nitrogens with zero attached hydrogens (tertiary/aromatic N) is 3. The zero-order chi connectivity index (χ0) is 18.3. The smallest absolute Gasteiger partial charge is 0.326 e. The van der Waals surface area contributed by atoms with Crippen molar-refractivity contribution in [2.24, 2.45) is 7.05 Å². The maximum atomic E-state index is 11.7. The van der Waals surface area contributed by atoms with Crippen LogP contribution in [0.15, 0.2) is 45.7 Å². The molecule has 2 aromatic heterocycles. The number of methoxy groups -OCH3 is 2. The number of aryl methyl sites for hydroxylation is 1. The molecule has 2 heterocycles. The SMILES string of the molecule is COc1ccc(-c2nc(-c3ccc4c(c3)[nH]c(=O)n4C)no2)c(OC)c1. The quantitative estimate of drug-likeness (QED) is 0.607. The van der Waals surface area contributed by atoms with Gasteiger partial charge in [-0.2, -0.15) is 4.98 Å². The van der Waals surface area contributed by atoms with Crippen LogP contribution in [0.1, 0.15) is 0 Å². The van der Waals surface area contributed by atoms with Crippen molar-refractivity contribution in [1.29, 1.82) is 0 Å². The maximum absolute atomic E-state index is 11.7. The Morgan fingerprint density at radius 2 is 1.96 bits per heavy atom. The highest BCUT2D eigenvalue weighted by Gasteiger charge is 2.16. The molecule has 8 heteroatoms. The van der Waals surface area contributed by atoms with Gasteiger partial charge in [0.2, 0.25) is 5.82 Å². The van der Waals surface area contributed by atoms with Crippen LogP contribution in [0.2, 0.25) is 0 Å². The van der Waals surface area contributed by atoms with Gasteiger partial charge in [0.15, 0.2) is 0 Å². The molecule has 0 amide bonds. The Morgan fingerprint density at radius 1 is 1.12 bits per heavy atom. The molecule has 0 spiro atoms. The monoisotopic (exact) mass is 352 g/mol. The second-order valence-corrected chi connectivity index (χ2v) is 5.71. The predicted molar refractivity (Wildman–Crippen MR) is 95.4 cm³/mol. The molecule has 0 bridgehead atoms. The number of fused-ring (bicyclic) bond motifs is 1. The molecule has 0 saturated carbocycles. The lowest BCUT2D eigenvalue weighted by Crippen LogP contribution is -2.11. The predicted octanol–water partition coefficient (Wildman–Crippen LogP) is 2.60. The van der Waals surface area contributed by atoms with Crippen LogP contribution in [-0.4, -0.2) is 33.9 Å². The second-order valence-electron chi connectivity index (χ2n) is 5.71. The van der Waals surface area contributed by atoms with E-state index in [1.165, 1.54) is 0 Å². The Bertz CT molecular complexity index is 1160. The zero-order valence-corrected chi connectivity index (χ0v) is 14.4. The van der Waals surface area contributed by atoms with Gasteiger partial charge in [0.25, 0.3) is 5.89 Å². The number of H-pyrrole nitrogens is 1. The molecule has 8 nitrogen and oxygen atoms in total. The molecule has 1 N–H and O–H groups in total. The normalized spacial score (nSPS) is 11.0. The van der Waals surface area contributed by atoms with Crippen molar-refractivity contribution in [3.8, 4) is 34.3 Å². The number of hydrogen-bond acceptors (Lipinski definition) is 6. The van der Waals surface area contributed by atoms with E-state index in [0.29, 0.717) is 34.3 Å². The van der Waals surface area contributed by atoms with E-state index in [1.807, 2.05) is 18.2 Å². The van der Waals surface area contributed by atoms with Crippen LogP contribution in [-0.2, 0) is 7.05 Å². The minimum atomic E-state index is -0.172. The van der Waals surface area contributed by atoms with Crippen LogP contribution >= 0.6 is 0 Å². The summed E-state index contributed by atoms with van der Waals surface area (Å²) in [5.41, 5.74) is 2.75. The van der Waals surface area contributed by atoms with Crippen molar-refractivity contribution in [2.75, 3.05) is 14.2 Å². The number of imidazole rings is 1. The van der Waals surface area contributed by atoms with Crippen LogP contribution < -0.4 is 15.2 Å². The molecule has 0 aliphatic carbocycles. The average molecular weight is 352 g/mol. The standard InChI is InChI=1S/C18H16N4O4/c1-22-14-7-4-10(8-13(14)19-18(22)23)16-20-17(26-21-16)12-6-5-11(24-2)9-15(12)25-3/h4-9H,1-3H3,(H,19,23). The fraction of sp³-hybridized carbons (Fsp3) is 0.167. The van der Waals surface area contributed by atoms with Gasteiger partial charge in [-0.25, -0.2) is 4.79 Å². The lowest BCUT2D eigenvalue weighted by molar-refractivity contribution is 0.391. The maximum Gasteiger partial charge on any atom is 0.326 e. The van der Waals surface area contributed by atoms with Crippen molar-refractivity contribution in [1.82, 2.24) is 19.7 Å². The van der Waals surface area contributed by atoms with Crippen LogP contribution in [0.4, 0.5) is 0 Å². The summed E-state index contributed by atoms with van der Waals surface area (Å²) in [5, 5.41) is 4.05. The topological polar surface area (TPSA) is 95.2 Å². The lowest BCUT2D eigenvalue weighted by atomic mass is 10.1. The fourth-order valence-corrected chi connectivity index (χ4v) is 2.80. The molecule has 0 saturated heterocycles. The number of nitrogens with one attached hydrogen (secondary N) is 1. The number of aromatic nitrogens is 4. The van der Waals surface area contributed by atoms with Crippen LogP contribution in [0.5, 0.6) is 11.5 Å². The zero-order valence-electron chi connectivity index (χ0n) is 14.4. The minimum absolute atomic E-state index is 0.172. The molecule has 2 aromatic carbocycles. The molecule has 0 radical (unpaired) electrons. The Kier molecular flexibility index (Phi) is 3.72. The summed E-state index contributed by atoms with van der Waals surface area (Å²) in [5.74, 6) is 2.00. The van der Waals surface area contributed by atoms with Crippen molar-refractivity contribution in [3.63, 3.8) is 0 Å². The van der Waals surface area contributed by atoms with Crippen LogP contribution in [0.3, 0.4) is 0 Å². The Morgan fingerprint density at radius 3 is 2.73 bits per heavy atom. The fourth-order valence-electron chi connectivity index (χ4n) is 2.80. The summed E-state index contributed by atoms with van der Waals surface area (Å²) in [6.07, 6.45) is 0. The van der Waals surface area contributed by atoms with Crippen molar-refractivity contribution in [3.05, 3.63) is 46.9 Å². The van der Waals surface area contributed by atoms with Gasteiger partial charge in [-0.3, -0.25) is 4.57 Å². The molecule has 0 aliphatic heterocycles. The molecule has 4 aromatic rings. The largest absolute Gasteiger partial charge is 0.497 e. The van der Waals surface area contributed by atoms with E-state index in [-0.39, 0.29) is 5.69 Å². The van der Waals surface area contributed by atoms with Gasteiger partial charge < -0.3 is 19.0 Å². The number of benzene rings is 2. The van der Waals surface area contributed by atoms with Crippen LogP contribution in [0, 0.1) is 0 Å². The van der Waals surface area contributed by atoms with Gasteiger partial charge in [0.1, 0.15) is 11.5 Å². The summed E-state index contributed by atoms with van der Waals surface area (Å²) in [4.78, 5) is 19.0. The molecular formula is C18H16N4O4. The van der Waals surface area contributed by atoms with Crippen LogP contribution in [0.25, 0.3) is 33.9 Å². The van der Waals surface area contributed by atoms with E-state index in [9.17, 15) is 4.79 Å². The van der Waals surface area contributed by atoms with Gasteiger partial charge in [-0.05, 0) is 30.3 Å². The summed E-state index contributed by atoms with van der Waals surface area (Å²) < 4.78 is 17.5. The molecule has 0 aliphatic rings. The van der Waals surface area contributed by atoms with E-state index in [2.05, 4.69) is 15.1 Å². The third-order valence-corrected chi connectivity index (χ3v) is 4.23. The van der Waals surface area contributed by atoms with Gasteiger partial charge >= 0.3 is 5.69 Å². The number of hydrogen-bond donors (Lipinski definition) is 1. The van der Waals surface area contributed by atoms with E-state index in [0.717, 1.165) is 11.1 Å². The van der Waals surface area contributed by atoms with Crippen molar-refractivity contribution in [2.45, 2.75) is 0 Å². The highest BCUT2D eigenvalue weighted by Crippen LogP contribution is 2.33. The summed E-state index contributed by atoms with van der Waals surface area (Å²) in [7, 11) is 4.86. The second kappa shape index (κ2) is 6.07. The molecule has 0 unspecified atom stereocenters. The van der Waals surface area contributed by atoms with Crippen molar-refractivity contribution >= 4 is 11.0 Å². The molecule has 26 heavy (non-hydrogen) atoms. The Balaban J connectivity index is 1.76. The third-order valence-electron chi connectivity index (χ3n) is 4.23. The minimum Gasteiger partial charge on any atom is -0.497 e. The molecule has 4 rings (SSSR count). The molecule has 0 atom stereocenters. The Hall–Kier alpha value is -3.55. The first-order valence-electron chi connectivity index (χ1n) is 7.86. The van der Waals surface area contributed by atoms with Gasteiger partial charge in [0, 0.05) is 18.7 Å². The number of rotatable bonds is 4. The first kappa shape index (κ1) is 15.9. The Labute approximate surface area is 148 Å². The summed E-state index contributed by atoms with van der Waals surface area (Å²) in [6.45, 7) is 0.